The molecule has 1 unspecified atom stereocenters. The molecule has 1 N–H and O–H groups in total. The van der Waals surface area contributed by atoms with Gasteiger partial charge in [-0.05, 0) is 57.8 Å². The molecule has 0 spiro atoms. The van der Waals surface area contributed by atoms with E-state index in [0.717, 1.165) is 45.6 Å². The van der Waals surface area contributed by atoms with Crippen molar-refractivity contribution in [2.45, 2.75) is 25.7 Å². The molecular formula is C12H24N2O2S. The van der Waals surface area contributed by atoms with Crippen molar-refractivity contribution in [3.05, 3.63) is 0 Å². The lowest BCUT2D eigenvalue weighted by atomic mass is 10.0. The summed E-state index contributed by atoms with van der Waals surface area (Å²) in [4.78, 5) is 2.27. The van der Waals surface area contributed by atoms with Gasteiger partial charge < -0.3 is 10.2 Å². The van der Waals surface area contributed by atoms with Gasteiger partial charge in [-0.2, -0.15) is 0 Å². The predicted octanol–water partition coefficient (Wildman–Crippen LogP) is 0.497. The lowest BCUT2D eigenvalue weighted by Gasteiger charge is -2.23. The smallest absolute Gasteiger partial charge is 0.151 e. The van der Waals surface area contributed by atoms with E-state index in [1.165, 1.54) is 12.8 Å². The second-order valence-electron chi connectivity index (χ2n) is 5.38. The van der Waals surface area contributed by atoms with Crippen LogP contribution in [0.2, 0.25) is 0 Å². The molecule has 0 radical (unpaired) electrons. The van der Waals surface area contributed by atoms with Gasteiger partial charge in [0.2, 0.25) is 0 Å². The average Bonchev–Trinajstić information content (AvgIpc) is 2.80. The van der Waals surface area contributed by atoms with Gasteiger partial charge in [0.05, 0.1) is 11.5 Å². The summed E-state index contributed by atoms with van der Waals surface area (Å²) in [5, 5.41) is 3.28. The minimum absolute atomic E-state index is 0.340. The number of nitrogens with zero attached hydrogens (tertiary/aromatic N) is 1. The fraction of sp³-hybridized carbons (Fsp3) is 1.00. The van der Waals surface area contributed by atoms with Crippen LogP contribution in [-0.4, -0.2) is 57.5 Å². The number of nitrogens with one attached hydrogen (secondary N) is 1. The van der Waals surface area contributed by atoms with Gasteiger partial charge in [0.25, 0.3) is 0 Å². The van der Waals surface area contributed by atoms with E-state index in [-0.39, 0.29) is 0 Å². The van der Waals surface area contributed by atoms with Gasteiger partial charge in [-0.25, -0.2) is 8.42 Å². The Morgan fingerprint density at radius 3 is 2.59 bits per heavy atom. The zero-order valence-corrected chi connectivity index (χ0v) is 11.3. The van der Waals surface area contributed by atoms with E-state index in [0.29, 0.717) is 17.4 Å². The maximum Gasteiger partial charge on any atom is 0.151 e. The highest BCUT2D eigenvalue weighted by Crippen LogP contribution is 2.14. The molecule has 4 nitrogen and oxygen atoms in total. The molecular weight excluding hydrogens is 236 g/mol. The lowest BCUT2D eigenvalue weighted by Crippen LogP contribution is -2.36. The quantitative estimate of drug-likeness (QED) is 0.782. The third kappa shape index (κ3) is 4.56. The molecule has 0 bridgehead atoms. The molecule has 100 valence electrons. The maximum absolute atomic E-state index is 12.0. The Hall–Kier alpha value is -0.130. The first-order chi connectivity index (χ1) is 8.16. The molecule has 2 rings (SSSR count). The molecule has 0 aromatic rings. The molecule has 0 saturated carbocycles. The van der Waals surface area contributed by atoms with Crippen LogP contribution < -0.4 is 5.32 Å². The van der Waals surface area contributed by atoms with Crippen molar-refractivity contribution in [3.8, 4) is 0 Å². The fourth-order valence-corrected chi connectivity index (χ4v) is 4.49. The highest BCUT2D eigenvalue weighted by molar-refractivity contribution is 7.91. The molecule has 17 heavy (non-hydrogen) atoms. The van der Waals surface area contributed by atoms with Crippen molar-refractivity contribution in [1.29, 1.82) is 0 Å². The summed E-state index contributed by atoms with van der Waals surface area (Å²) in [6.45, 7) is 4.83. The zero-order chi connectivity index (χ0) is 12.1. The van der Waals surface area contributed by atoms with Gasteiger partial charge >= 0.3 is 0 Å². The van der Waals surface area contributed by atoms with Crippen LogP contribution >= 0.6 is 0 Å². The van der Waals surface area contributed by atoms with Crippen LogP contribution in [0, 0.1) is 5.92 Å². The van der Waals surface area contributed by atoms with E-state index in [4.69, 9.17) is 0 Å². The standard InChI is InChI=1S/C12H24N2O2S/c15-17(16,9-8-14-6-1-2-7-14)11-12-4-3-5-13-10-12/h12-13H,1-11H2. The number of hydrogen-bond donors (Lipinski definition) is 1. The Morgan fingerprint density at radius 2 is 1.94 bits per heavy atom. The van der Waals surface area contributed by atoms with Crippen LogP contribution in [0.1, 0.15) is 25.7 Å². The minimum atomic E-state index is -2.85. The first-order valence-corrected chi connectivity index (χ1v) is 8.61. The lowest BCUT2D eigenvalue weighted by molar-refractivity contribution is 0.357. The van der Waals surface area contributed by atoms with Crippen LogP contribution in [0.25, 0.3) is 0 Å². The SMILES string of the molecule is O=S(=O)(CCN1CCCC1)CC1CCCNC1. The second-order valence-corrected chi connectivity index (χ2v) is 7.60. The van der Waals surface area contributed by atoms with Crippen molar-refractivity contribution in [3.63, 3.8) is 0 Å². The van der Waals surface area contributed by atoms with Crippen LogP contribution in [0.3, 0.4) is 0 Å². The summed E-state index contributed by atoms with van der Waals surface area (Å²) in [6.07, 6.45) is 4.64. The van der Waals surface area contributed by atoms with Crippen LogP contribution in [-0.2, 0) is 9.84 Å². The Bertz CT molecular complexity index is 317. The van der Waals surface area contributed by atoms with Crippen molar-refractivity contribution >= 4 is 9.84 Å². The van der Waals surface area contributed by atoms with Crippen LogP contribution in [0.5, 0.6) is 0 Å². The fourth-order valence-electron chi connectivity index (χ4n) is 2.78. The molecule has 1 atom stereocenters. The molecule has 5 heteroatoms. The monoisotopic (exact) mass is 260 g/mol. The van der Waals surface area contributed by atoms with E-state index in [1.807, 2.05) is 0 Å². The van der Waals surface area contributed by atoms with Crippen molar-refractivity contribution in [1.82, 2.24) is 10.2 Å². The van der Waals surface area contributed by atoms with Crippen LogP contribution in [0.4, 0.5) is 0 Å². The molecule has 2 aliphatic rings. The van der Waals surface area contributed by atoms with Gasteiger partial charge in [0, 0.05) is 6.54 Å². The first-order valence-electron chi connectivity index (χ1n) is 6.79. The largest absolute Gasteiger partial charge is 0.316 e. The van der Waals surface area contributed by atoms with Gasteiger partial charge in [0.1, 0.15) is 0 Å². The number of rotatable bonds is 5. The molecule has 0 aliphatic carbocycles. The highest BCUT2D eigenvalue weighted by Gasteiger charge is 2.22. The number of likely N-dealkylation sites (tertiary alicyclic amines) is 1. The van der Waals surface area contributed by atoms with Crippen molar-refractivity contribution < 1.29 is 8.42 Å². The minimum Gasteiger partial charge on any atom is -0.316 e. The average molecular weight is 260 g/mol. The van der Waals surface area contributed by atoms with E-state index in [9.17, 15) is 8.42 Å². The molecule has 0 aromatic carbocycles. The van der Waals surface area contributed by atoms with Gasteiger partial charge in [-0.15, -0.1) is 0 Å². The zero-order valence-electron chi connectivity index (χ0n) is 10.5. The predicted molar refractivity (Wildman–Crippen MR) is 69.9 cm³/mol. The molecule has 2 saturated heterocycles. The van der Waals surface area contributed by atoms with Gasteiger partial charge in [0.15, 0.2) is 9.84 Å². The number of sulfone groups is 1. The first kappa shape index (κ1) is 13.3. The van der Waals surface area contributed by atoms with Gasteiger partial charge in [-0.3, -0.25) is 0 Å². The Kier molecular flexibility index (Phi) is 4.82. The number of hydrogen-bond acceptors (Lipinski definition) is 4. The van der Waals surface area contributed by atoms with E-state index < -0.39 is 9.84 Å². The second kappa shape index (κ2) is 6.16. The van der Waals surface area contributed by atoms with E-state index in [2.05, 4.69) is 10.2 Å². The Morgan fingerprint density at radius 1 is 1.18 bits per heavy atom. The molecule has 0 amide bonds. The Labute approximate surface area is 105 Å². The highest BCUT2D eigenvalue weighted by atomic mass is 32.2. The van der Waals surface area contributed by atoms with Crippen LogP contribution in [0.15, 0.2) is 0 Å². The molecule has 2 heterocycles. The van der Waals surface area contributed by atoms with Crippen molar-refractivity contribution in [2.75, 3.05) is 44.2 Å². The number of piperidine rings is 1. The Balaban J connectivity index is 1.73. The summed E-state index contributed by atoms with van der Waals surface area (Å²) < 4.78 is 24.0. The topological polar surface area (TPSA) is 49.4 Å². The third-order valence-electron chi connectivity index (χ3n) is 3.81. The maximum atomic E-state index is 12.0. The summed E-state index contributed by atoms with van der Waals surface area (Å²) in [5.74, 6) is 1.07. The summed E-state index contributed by atoms with van der Waals surface area (Å²) in [7, 11) is -2.85. The van der Waals surface area contributed by atoms with E-state index in [1.54, 1.807) is 0 Å². The van der Waals surface area contributed by atoms with Crippen molar-refractivity contribution in [2.24, 2.45) is 5.92 Å². The molecule has 0 aromatic heterocycles. The van der Waals surface area contributed by atoms with E-state index >= 15 is 0 Å². The molecule has 2 fully saturated rings. The summed E-state index contributed by atoms with van der Waals surface area (Å²) >= 11 is 0. The normalized spacial score (nSPS) is 27.4. The molecule has 2 aliphatic heterocycles. The summed E-state index contributed by atoms with van der Waals surface area (Å²) in [5.41, 5.74) is 0. The third-order valence-corrected chi connectivity index (χ3v) is 5.59. The summed E-state index contributed by atoms with van der Waals surface area (Å²) in [6, 6.07) is 0. The van der Waals surface area contributed by atoms with Gasteiger partial charge in [-0.1, -0.05) is 0 Å².